The molecule has 4 heteroatoms. The zero-order valence-corrected chi connectivity index (χ0v) is 8.46. The number of H-pyrrole nitrogens is 2. The fraction of sp³-hybridized carbons (Fsp3) is 0.273. The number of aromatic nitrogens is 2. The van der Waals surface area contributed by atoms with Crippen LogP contribution >= 0.6 is 0 Å². The number of hydrogen-bond donors (Lipinski definition) is 2. The average molecular weight is 204 g/mol. The van der Waals surface area contributed by atoms with E-state index in [-0.39, 0.29) is 11.5 Å². The summed E-state index contributed by atoms with van der Waals surface area (Å²) in [6.07, 6.45) is 1.26. The molecule has 0 aliphatic heterocycles. The lowest BCUT2D eigenvalue weighted by molar-refractivity contribution is -0.116. The highest BCUT2D eigenvalue weighted by Crippen LogP contribution is 2.11. The molecule has 2 aromatic rings. The third-order valence-electron chi connectivity index (χ3n) is 2.35. The van der Waals surface area contributed by atoms with E-state index in [1.54, 1.807) is 6.92 Å². The number of aryl methyl sites for hydroxylation is 1. The minimum absolute atomic E-state index is 0.178. The average Bonchev–Trinajstić information content (AvgIpc) is 2.53. The van der Waals surface area contributed by atoms with Crippen LogP contribution in [0.25, 0.3) is 11.0 Å². The summed E-state index contributed by atoms with van der Waals surface area (Å²) in [6.45, 7) is 1.58. The third-order valence-corrected chi connectivity index (χ3v) is 2.35. The molecule has 0 bridgehead atoms. The van der Waals surface area contributed by atoms with Crippen molar-refractivity contribution in [3.05, 3.63) is 34.2 Å². The largest absolute Gasteiger partial charge is 0.323 e. The van der Waals surface area contributed by atoms with Crippen LogP contribution in [0.4, 0.5) is 0 Å². The van der Waals surface area contributed by atoms with Gasteiger partial charge in [-0.15, -0.1) is 0 Å². The maximum atomic E-state index is 11.0. The summed E-state index contributed by atoms with van der Waals surface area (Å²) in [5.41, 5.74) is 2.45. The van der Waals surface area contributed by atoms with Crippen molar-refractivity contribution in [1.29, 1.82) is 0 Å². The molecule has 0 amide bonds. The Morgan fingerprint density at radius 1 is 1.27 bits per heavy atom. The van der Waals surface area contributed by atoms with Crippen molar-refractivity contribution in [2.45, 2.75) is 19.8 Å². The summed E-state index contributed by atoms with van der Waals surface area (Å²) >= 11 is 0. The number of nitrogens with one attached hydrogen (secondary N) is 2. The normalized spacial score (nSPS) is 10.7. The van der Waals surface area contributed by atoms with Crippen molar-refractivity contribution in [2.24, 2.45) is 0 Å². The van der Waals surface area contributed by atoms with E-state index in [4.69, 9.17) is 0 Å². The number of ketones is 1. The molecule has 0 saturated heterocycles. The van der Waals surface area contributed by atoms with Gasteiger partial charge in [0, 0.05) is 6.42 Å². The van der Waals surface area contributed by atoms with Crippen molar-refractivity contribution in [3.63, 3.8) is 0 Å². The molecule has 0 spiro atoms. The van der Waals surface area contributed by atoms with Crippen LogP contribution in [0.5, 0.6) is 0 Å². The number of Topliss-reactive ketones (excluding diaryl/α,β-unsaturated/α-hetero) is 1. The first-order valence-corrected chi connectivity index (χ1v) is 4.85. The lowest BCUT2D eigenvalue weighted by Crippen LogP contribution is -1.99. The Bertz CT molecular complexity index is 551. The molecule has 15 heavy (non-hydrogen) atoms. The molecular formula is C11H12N2O2. The molecule has 78 valence electrons. The molecule has 0 saturated carbocycles. The van der Waals surface area contributed by atoms with Crippen molar-refractivity contribution in [3.8, 4) is 0 Å². The zero-order chi connectivity index (χ0) is 10.8. The molecule has 0 fully saturated rings. The molecule has 2 N–H and O–H groups in total. The van der Waals surface area contributed by atoms with Crippen LogP contribution in [-0.4, -0.2) is 15.8 Å². The van der Waals surface area contributed by atoms with E-state index in [0.717, 1.165) is 23.0 Å². The molecular weight excluding hydrogens is 192 g/mol. The van der Waals surface area contributed by atoms with Crippen molar-refractivity contribution in [2.75, 3.05) is 0 Å². The van der Waals surface area contributed by atoms with Gasteiger partial charge in [-0.3, -0.25) is 0 Å². The van der Waals surface area contributed by atoms with Gasteiger partial charge in [0.15, 0.2) is 0 Å². The number of hydrogen-bond acceptors (Lipinski definition) is 2. The Hall–Kier alpha value is -1.84. The number of aromatic amines is 2. The monoisotopic (exact) mass is 204 g/mol. The molecule has 1 aromatic heterocycles. The summed E-state index contributed by atoms with van der Waals surface area (Å²) < 4.78 is 0. The molecule has 0 atom stereocenters. The Morgan fingerprint density at radius 2 is 2.00 bits per heavy atom. The number of rotatable bonds is 3. The van der Waals surface area contributed by atoms with E-state index < -0.39 is 0 Å². The van der Waals surface area contributed by atoms with Gasteiger partial charge in [0.2, 0.25) is 0 Å². The van der Waals surface area contributed by atoms with E-state index in [1.807, 2.05) is 18.2 Å². The Morgan fingerprint density at radius 3 is 2.73 bits per heavy atom. The number of benzene rings is 1. The van der Waals surface area contributed by atoms with E-state index in [2.05, 4.69) is 9.97 Å². The number of carbonyl (C=O) groups excluding carboxylic acids is 1. The van der Waals surface area contributed by atoms with Crippen LogP contribution in [0.15, 0.2) is 23.0 Å². The fourth-order valence-corrected chi connectivity index (χ4v) is 1.56. The van der Waals surface area contributed by atoms with Gasteiger partial charge in [0.25, 0.3) is 0 Å². The quantitative estimate of drug-likeness (QED) is 0.793. The van der Waals surface area contributed by atoms with E-state index in [0.29, 0.717) is 6.42 Å². The van der Waals surface area contributed by atoms with Gasteiger partial charge in [-0.1, -0.05) is 6.07 Å². The lowest BCUT2D eigenvalue weighted by atomic mass is 10.1. The van der Waals surface area contributed by atoms with E-state index in [1.165, 1.54) is 0 Å². The lowest BCUT2D eigenvalue weighted by Gasteiger charge is -1.98. The first-order chi connectivity index (χ1) is 7.15. The van der Waals surface area contributed by atoms with Crippen LogP contribution in [-0.2, 0) is 11.2 Å². The van der Waals surface area contributed by atoms with E-state index >= 15 is 0 Å². The van der Waals surface area contributed by atoms with Gasteiger partial charge in [-0.25, -0.2) is 4.79 Å². The summed E-state index contributed by atoms with van der Waals surface area (Å²) in [5, 5.41) is 0. The maximum Gasteiger partial charge on any atom is 0.323 e. The van der Waals surface area contributed by atoms with Gasteiger partial charge in [0.1, 0.15) is 5.78 Å². The second-order valence-electron chi connectivity index (χ2n) is 3.66. The molecule has 0 aliphatic carbocycles. The highest BCUT2D eigenvalue weighted by atomic mass is 16.1. The van der Waals surface area contributed by atoms with Gasteiger partial charge in [0.05, 0.1) is 11.0 Å². The molecule has 4 nitrogen and oxygen atoms in total. The SMILES string of the molecule is CC(=O)CCc1ccc2[nH]c(=O)[nH]c2c1. The van der Waals surface area contributed by atoms with Crippen molar-refractivity contribution < 1.29 is 4.79 Å². The smallest absolute Gasteiger partial charge is 0.306 e. The Kier molecular flexibility index (Phi) is 2.41. The van der Waals surface area contributed by atoms with Gasteiger partial charge < -0.3 is 14.8 Å². The van der Waals surface area contributed by atoms with Crippen LogP contribution in [0.2, 0.25) is 0 Å². The number of carbonyl (C=O) groups is 1. The number of fused-ring (bicyclic) bond motifs is 1. The van der Waals surface area contributed by atoms with Gasteiger partial charge in [-0.2, -0.15) is 0 Å². The summed E-state index contributed by atoms with van der Waals surface area (Å²) in [6, 6.07) is 5.67. The third kappa shape index (κ3) is 2.15. The van der Waals surface area contributed by atoms with Crippen LogP contribution in [0.1, 0.15) is 18.9 Å². The fourth-order valence-electron chi connectivity index (χ4n) is 1.56. The second kappa shape index (κ2) is 3.73. The minimum Gasteiger partial charge on any atom is -0.306 e. The zero-order valence-electron chi connectivity index (χ0n) is 8.46. The summed E-state index contributed by atoms with van der Waals surface area (Å²) in [7, 11) is 0. The standard InChI is InChI=1S/C11H12N2O2/c1-7(14)2-3-8-4-5-9-10(6-8)13-11(15)12-9/h4-6H,2-3H2,1H3,(H2,12,13,15). The first kappa shape index (κ1) is 9.71. The van der Waals surface area contributed by atoms with E-state index in [9.17, 15) is 9.59 Å². The Balaban J connectivity index is 2.30. The predicted molar refractivity (Wildman–Crippen MR) is 57.9 cm³/mol. The van der Waals surface area contributed by atoms with Crippen LogP contribution < -0.4 is 5.69 Å². The maximum absolute atomic E-state index is 11.0. The van der Waals surface area contributed by atoms with Gasteiger partial charge in [-0.05, 0) is 31.0 Å². The molecule has 1 heterocycles. The minimum atomic E-state index is -0.200. The Labute approximate surface area is 86.3 Å². The topological polar surface area (TPSA) is 65.7 Å². The molecule has 2 rings (SSSR count). The molecule has 0 aliphatic rings. The van der Waals surface area contributed by atoms with Crippen molar-refractivity contribution in [1.82, 2.24) is 9.97 Å². The molecule has 0 radical (unpaired) electrons. The van der Waals surface area contributed by atoms with Crippen LogP contribution in [0.3, 0.4) is 0 Å². The molecule has 0 unspecified atom stereocenters. The summed E-state index contributed by atoms with van der Waals surface area (Å²) in [4.78, 5) is 27.2. The molecule has 1 aromatic carbocycles. The van der Waals surface area contributed by atoms with Crippen LogP contribution in [0, 0.1) is 0 Å². The highest BCUT2D eigenvalue weighted by Gasteiger charge is 2.01. The van der Waals surface area contributed by atoms with Gasteiger partial charge >= 0.3 is 5.69 Å². The number of imidazole rings is 1. The highest BCUT2D eigenvalue weighted by molar-refractivity contribution is 5.77. The second-order valence-corrected chi connectivity index (χ2v) is 3.66. The first-order valence-electron chi connectivity index (χ1n) is 4.85. The summed E-state index contributed by atoms with van der Waals surface area (Å²) in [5.74, 6) is 0.178. The predicted octanol–water partition coefficient (Wildman–Crippen LogP) is 1.38. The van der Waals surface area contributed by atoms with Crippen molar-refractivity contribution >= 4 is 16.8 Å².